The minimum atomic E-state index is -0.786. The quantitative estimate of drug-likeness (QED) is 0.804. The van der Waals surface area contributed by atoms with Gasteiger partial charge in [0.25, 0.3) is 0 Å². The monoisotopic (exact) mass is 363 g/mol. The summed E-state index contributed by atoms with van der Waals surface area (Å²) in [4.78, 5) is 38.1. The lowest BCUT2D eigenvalue weighted by atomic mass is 9.84. The fraction of sp³-hybridized carbons (Fsp3) is 0.500. The van der Waals surface area contributed by atoms with Crippen LogP contribution in [0.5, 0.6) is 0 Å². The van der Waals surface area contributed by atoms with Crippen molar-refractivity contribution in [3.8, 4) is 0 Å². The number of carbonyl (C=O) groups is 3. The van der Waals surface area contributed by atoms with E-state index in [1.54, 1.807) is 18.2 Å². The number of fused-ring (bicyclic) bond motifs is 1. The number of benzene rings is 1. The maximum absolute atomic E-state index is 12.6. The van der Waals surface area contributed by atoms with Crippen LogP contribution in [-0.2, 0) is 20.9 Å². The van der Waals surface area contributed by atoms with Crippen LogP contribution in [-0.4, -0.2) is 28.7 Å². The third-order valence-corrected chi connectivity index (χ3v) is 5.33. The van der Waals surface area contributed by atoms with Crippen molar-refractivity contribution in [2.45, 2.75) is 51.1 Å². The van der Waals surface area contributed by atoms with E-state index in [-0.39, 0.29) is 6.54 Å². The van der Waals surface area contributed by atoms with Crippen LogP contribution in [0.2, 0.25) is 5.02 Å². The summed E-state index contributed by atoms with van der Waals surface area (Å²) >= 11 is 6.04. The van der Waals surface area contributed by atoms with Crippen LogP contribution in [0.1, 0.15) is 44.1 Å². The number of primary amides is 1. The highest BCUT2D eigenvalue weighted by Crippen LogP contribution is 2.31. The smallest absolute Gasteiger partial charge is 0.313 e. The predicted molar refractivity (Wildman–Crippen MR) is 94.8 cm³/mol. The molecule has 1 heterocycles. The van der Waals surface area contributed by atoms with Crippen LogP contribution in [0.4, 0.5) is 5.69 Å². The lowest BCUT2D eigenvalue weighted by Gasteiger charge is -2.32. The molecule has 0 saturated heterocycles. The highest BCUT2D eigenvalue weighted by Gasteiger charge is 2.36. The molecule has 7 heteroatoms. The largest absolute Gasteiger partial charge is 0.368 e. The van der Waals surface area contributed by atoms with Gasteiger partial charge in [0, 0.05) is 17.3 Å². The second-order valence-electron chi connectivity index (χ2n) is 6.85. The van der Waals surface area contributed by atoms with Crippen LogP contribution >= 0.6 is 11.6 Å². The molecule has 3 N–H and O–H groups in total. The third kappa shape index (κ3) is 3.95. The van der Waals surface area contributed by atoms with Gasteiger partial charge in [0.1, 0.15) is 6.04 Å². The van der Waals surface area contributed by atoms with Gasteiger partial charge in [0.2, 0.25) is 5.91 Å². The summed E-state index contributed by atoms with van der Waals surface area (Å²) in [7, 11) is 0. The molecular formula is C18H22ClN3O3. The topological polar surface area (TPSA) is 92.5 Å². The normalized spacial score (nSPS) is 19.8. The van der Waals surface area contributed by atoms with Crippen LogP contribution in [0, 0.1) is 5.92 Å². The van der Waals surface area contributed by atoms with E-state index in [1.165, 1.54) is 11.3 Å². The number of nitrogens with zero attached hydrogens (tertiary/aromatic N) is 1. The molecule has 1 aromatic rings. The second-order valence-corrected chi connectivity index (χ2v) is 7.28. The Morgan fingerprint density at radius 1 is 1.28 bits per heavy atom. The molecule has 1 fully saturated rings. The molecule has 3 rings (SSSR count). The molecule has 0 bridgehead atoms. The van der Waals surface area contributed by atoms with Gasteiger partial charge in [-0.25, -0.2) is 0 Å². The van der Waals surface area contributed by atoms with E-state index < -0.39 is 23.8 Å². The second kappa shape index (κ2) is 7.44. The van der Waals surface area contributed by atoms with Crippen LogP contribution < -0.4 is 11.1 Å². The Labute approximate surface area is 151 Å². The molecule has 1 aliphatic heterocycles. The molecule has 25 heavy (non-hydrogen) atoms. The lowest BCUT2D eigenvalue weighted by molar-refractivity contribution is -0.147. The Morgan fingerprint density at radius 3 is 2.68 bits per heavy atom. The zero-order chi connectivity index (χ0) is 18.0. The number of nitrogens with two attached hydrogens (primary N) is 1. The number of rotatable bonds is 4. The van der Waals surface area contributed by atoms with Gasteiger partial charge in [0.15, 0.2) is 0 Å². The van der Waals surface area contributed by atoms with Gasteiger partial charge < -0.3 is 16.0 Å². The van der Waals surface area contributed by atoms with Crippen LogP contribution in [0.25, 0.3) is 0 Å². The number of nitrogens with one attached hydrogen (secondary N) is 1. The molecule has 0 radical (unpaired) electrons. The number of carbonyl (C=O) groups excluding carboxylic acids is 3. The maximum atomic E-state index is 12.6. The zero-order valence-electron chi connectivity index (χ0n) is 14.0. The summed E-state index contributed by atoms with van der Waals surface area (Å²) < 4.78 is 0. The molecule has 3 amide bonds. The first-order valence-corrected chi connectivity index (χ1v) is 9.03. The molecule has 2 aliphatic rings. The molecule has 1 atom stereocenters. The van der Waals surface area contributed by atoms with Crippen molar-refractivity contribution in [3.63, 3.8) is 0 Å². The Morgan fingerprint density at radius 2 is 2.00 bits per heavy atom. The summed E-state index contributed by atoms with van der Waals surface area (Å²) in [6, 6.07) is 4.22. The van der Waals surface area contributed by atoms with Gasteiger partial charge in [-0.05, 0) is 36.1 Å². The minimum absolute atomic E-state index is 0.133. The number of hydrogen-bond acceptors (Lipinski definition) is 3. The molecule has 0 unspecified atom stereocenters. The van der Waals surface area contributed by atoms with E-state index in [9.17, 15) is 14.4 Å². The molecule has 134 valence electrons. The van der Waals surface area contributed by atoms with E-state index in [0.717, 1.165) is 25.7 Å². The number of halogens is 1. The molecule has 6 nitrogen and oxygen atoms in total. The van der Waals surface area contributed by atoms with Crippen molar-refractivity contribution in [1.82, 2.24) is 4.90 Å². The van der Waals surface area contributed by atoms with Gasteiger partial charge in [-0.3, -0.25) is 14.4 Å². The van der Waals surface area contributed by atoms with E-state index in [0.29, 0.717) is 28.6 Å². The van der Waals surface area contributed by atoms with Crippen molar-refractivity contribution in [2.75, 3.05) is 5.32 Å². The van der Waals surface area contributed by atoms with Crippen LogP contribution in [0.15, 0.2) is 18.2 Å². The molecule has 1 saturated carbocycles. The molecule has 1 aromatic carbocycles. The van der Waals surface area contributed by atoms with Crippen molar-refractivity contribution in [2.24, 2.45) is 11.7 Å². The lowest BCUT2D eigenvalue weighted by Crippen LogP contribution is -2.50. The fourth-order valence-corrected chi connectivity index (χ4v) is 3.96. The maximum Gasteiger partial charge on any atom is 0.313 e. The summed E-state index contributed by atoms with van der Waals surface area (Å²) in [6.07, 6.45) is 6.02. The van der Waals surface area contributed by atoms with E-state index >= 15 is 0 Å². The van der Waals surface area contributed by atoms with Crippen molar-refractivity contribution < 1.29 is 14.4 Å². The predicted octanol–water partition coefficient (Wildman–Crippen LogP) is 2.45. The van der Waals surface area contributed by atoms with Gasteiger partial charge in [-0.15, -0.1) is 0 Å². The summed E-state index contributed by atoms with van der Waals surface area (Å²) in [5, 5.41) is 3.09. The summed E-state index contributed by atoms with van der Waals surface area (Å²) in [6.45, 7) is 0.133. The minimum Gasteiger partial charge on any atom is -0.368 e. The average molecular weight is 364 g/mol. The third-order valence-electron chi connectivity index (χ3n) is 5.10. The molecule has 1 aliphatic carbocycles. The number of anilines is 1. The van der Waals surface area contributed by atoms with Gasteiger partial charge in [-0.2, -0.15) is 0 Å². The van der Waals surface area contributed by atoms with Crippen molar-refractivity contribution in [3.05, 3.63) is 28.8 Å². The zero-order valence-corrected chi connectivity index (χ0v) is 14.7. The van der Waals surface area contributed by atoms with Gasteiger partial charge >= 0.3 is 11.8 Å². The highest BCUT2D eigenvalue weighted by molar-refractivity contribution is 6.40. The first-order valence-electron chi connectivity index (χ1n) is 8.65. The van der Waals surface area contributed by atoms with Crippen LogP contribution in [0.3, 0.4) is 0 Å². The van der Waals surface area contributed by atoms with E-state index in [4.69, 9.17) is 17.3 Å². The summed E-state index contributed by atoms with van der Waals surface area (Å²) in [5.41, 5.74) is 6.83. The molecule has 0 spiro atoms. The van der Waals surface area contributed by atoms with E-state index in [1.807, 2.05) is 0 Å². The number of amides is 3. The molecular weight excluding hydrogens is 342 g/mol. The Kier molecular flexibility index (Phi) is 5.27. The SMILES string of the molecule is NC(=O)[C@@H](CC1CCCCC1)N1Cc2cc(Cl)ccc2NC(=O)C1=O. The Balaban J connectivity index is 1.89. The van der Waals surface area contributed by atoms with E-state index in [2.05, 4.69) is 5.32 Å². The molecule has 0 aromatic heterocycles. The Hall–Kier alpha value is -2.08. The number of hydrogen-bond donors (Lipinski definition) is 2. The van der Waals surface area contributed by atoms with Crippen molar-refractivity contribution >= 4 is 35.0 Å². The standard InChI is InChI=1S/C18H22ClN3O3/c19-13-6-7-14-12(9-13)10-22(18(25)17(24)21-14)15(16(20)23)8-11-4-2-1-3-5-11/h6-7,9,11,15H,1-5,8,10H2,(H2,20,23)(H,21,24)/t15-/m1/s1. The fourth-order valence-electron chi connectivity index (χ4n) is 3.76. The van der Waals surface area contributed by atoms with Crippen molar-refractivity contribution in [1.29, 1.82) is 0 Å². The van der Waals surface area contributed by atoms with Gasteiger partial charge in [-0.1, -0.05) is 43.7 Å². The Bertz CT molecular complexity index is 701. The first-order chi connectivity index (χ1) is 12.0. The highest BCUT2D eigenvalue weighted by atomic mass is 35.5. The summed E-state index contributed by atoms with van der Waals surface area (Å²) in [5.74, 6) is -1.70. The first kappa shape index (κ1) is 17.7. The average Bonchev–Trinajstić information content (AvgIpc) is 2.71. The van der Waals surface area contributed by atoms with Gasteiger partial charge in [0.05, 0.1) is 0 Å².